The van der Waals surface area contributed by atoms with E-state index in [9.17, 15) is 8.42 Å². The van der Waals surface area contributed by atoms with E-state index in [1.165, 1.54) is 24.3 Å². The van der Waals surface area contributed by atoms with Crippen molar-refractivity contribution in [2.75, 3.05) is 6.54 Å². The van der Waals surface area contributed by atoms with Crippen LogP contribution in [0.2, 0.25) is 5.02 Å². The van der Waals surface area contributed by atoms with Crippen LogP contribution in [-0.2, 0) is 16.4 Å². The predicted molar refractivity (Wildman–Crippen MR) is 94.8 cm³/mol. The van der Waals surface area contributed by atoms with Gasteiger partial charge in [-0.3, -0.25) is 0 Å². The summed E-state index contributed by atoms with van der Waals surface area (Å²) in [5.41, 5.74) is 1.96. The van der Waals surface area contributed by atoms with E-state index in [2.05, 4.69) is 14.9 Å². The molecule has 0 saturated carbocycles. The van der Waals surface area contributed by atoms with Gasteiger partial charge in [0.25, 0.3) is 0 Å². The van der Waals surface area contributed by atoms with E-state index in [-0.39, 0.29) is 11.4 Å². The van der Waals surface area contributed by atoms with Gasteiger partial charge in [0.05, 0.1) is 4.90 Å². The van der Waals surface area contributed by atoms with Crippen LogP contribution in [0, 0.1) is 6.92 Å². The van der Waals surface area contributed by atoms with E-state index in [1.807, 2.05) is 31.2 Å². The average Bonchev–Trinajstić information content (AvgIpc) is 3.04. The van der Waals surface area contributed by atoms with E-state index < -0.39 is 10.0 Å². The third-order valence-corrected chi connectivity index (χ3v) is 5.25. The van der Waals surface area contributed by atoms with Crippen LogP contribution in [-0.4, -0.2) is 25.2 Å². The number of halogens is 1. The maximum Gasteiger partial charge on any atom is 0.247 e. The van der Waals surface area contributed by atoms with Gasteiger partial charge in [-0.25, -0.2) is 13.1 Å². The standard InChI is InChI=1S/C17H16ClN3O3S/c1-12-2-4-13(5-3-12)17-21-20-16(24-17)10-11-19-25(22,23)15-8-6-14(18)7-9-15/h2-9,19H,10-11H2,1H3. The Morgan fingerprint density at radius 2 is 1.72 bits per heavy atom. The molecular formula is C17H16ClN3O3S. The molecule has 1 N–H and O–H groups in total. The Labute approximate surface area is 150 Å². The lowest BCUT2D eigenvalue weighted by atomic mass is 10.1. The maximum absolute atomic E-state index is 12.2. The number of aromatic nitrogens is 2. The minimum Gasteiger partial charge on any atom is -0.421 e. The summed E-state index contributed by atoms with van der Waals surface area (Å²) in [6.07, 6.45) is 0.297. The molecule has 2 aromatic carbocycles. The molecule has 0 unspecified atom stereocenters. The number of aryl methyl sites for hydroxylation is 1. The van der Waals surface area contributed by atoms with Gasteiger partial charge in [0, 0.05) is 23.6 Å². The molecule has 0 atom stereocenters. The molecule has 0 aliphatic heterocycles. The zero-order valence-corrected chi connectivity index (χ0v) is 15.0. The first-order chi connectivity index (χ1) is 11.9. The second-order valence-corrected chi connectivity index (χ2v) is 7.67. The van der Waals surface area contributed by atoms with E-state index >= 15 is 0 Å². The average molecular weight is 378 g/mol. The minimum atomic E-state index is -3.60. The number of benzene rings is 2. The Morgan fingerprint density at radius 3 is 2.40 bits per heavy atom. The fourth-order valence-electron chi connectivity index (χ4n) is 2.16. The highest BCUT2D eigenvalue weighted by Gasteiger charge is 2.14. The molecule has 0 amide bonds. The second kappa shape index (κ2) is 7.35. The first-order valence-corrected chi connectivity index (χ1v) is 9.45. The van der Waals surface area contributed by atoms with Crippen molar-refractivity contribution in [1.82, 2.24) is 14.9 Å². The Kier molecular flexibility index (Phi) is 5.17. The quantitative estimate of drug-likeness (QED) is 0.712. The van der Waals surface area contributed by atoms with Crippen LogP contribution < -0.4 is 4.72 Å². The maximum atomic E-state index is 12.2. The number of hydrogen-bond donors (Lipinski definition) is 1. The summed E-state index contributed by atoms with van der Waals surface area (Å²) in [5.74, 6) is 0.782. The number of hydrogen-bond acceptors (Lipinski definition) is 5. The fraction of sp³-hybridized carbons (Fsp3) is 0.176. The van der Waals surface area contributed by atoms with Gasteiger partial charge in [-0.1, -0.05) is 29.3 Å². The number of sulfonamides is 1. The molecule has 0 saturated heterocycles. The van der Waals surface area contributed by atoms with Gasteiger partial charge in [0.15, 0.2) is 0 Å². The van der Waals surface area contributed by atoms with Crippen LogP contribution in [0.25, 0.3) is 11.5 Å². The van der Waals surface area contributed by atoms with E-state index in [1.54, 1.807) is 0 Å². The van der Waals surface area contributed by atoms with Gasteiger partial charge in [-0.15, -0.1) is 10.2 Å². The minimum absolute atomic E-state index is 0.153. The summed E-state index contributed by atoms with van der Waals surface area (Å²) >= 11 is 5.76. The summed E-state index contributed by atoms with van der Waals surface area (Å²) in [6, 6.07) is 13.7. The second-order valence-electron chi connectivity index (χ2n) is 5.47. The van der Waals surface area contributed by atoms with Crippen molar-refractivity contribution in [3.05, 3.63) is 65.0 Å². The van der Waals surface area contributed by atoms with Gasteiger partial charge in [-0.05, 0) is 43.3 Å². The Morgan fingerprint density at radius 1 is 1.04 bits per heavy atom. The summed E-state index contributed by atoms with van der Waals surface area (Å²) in [5, 5.41) is 8.42. The highest BCUT2D eigenvalue weighted by atomic mass is 35.5. The van der Waals surface area contributed by atoms with Crippen molar-refractivity contribution in [3.63, 3.8) is 0 Å². The van der Waals surface area contributed by atoms with Crippen molar-refractivity contribution >= 4 is 21.6 Å². The number of nitrogens with one attached hydrogen (secondary N) is 1. The van der Waals surface area contributed by atoms with Gasteiger partial charge in [0.2, 0.25) is 21.8 Å². The van der Waals surface area contributed by atoms with Crippen molar-refractivity contribution < 1.29 is 12.8 Å². The third-order valence-electron chi connectivity index (χ3n) is 3.52. The molecule has 3 rings (SSSR count). The smallest absolute Gasteiger partial charge is 0.247 e. The van der Waals surface area contributed by atoms with Gasteiger partial charge in [-0.2, -0.15) is 0 Å². The zero-order chi connectivity index (χ0) is 17.9. The predicted octanol–water partition coefficient (Wildman–Crippen LogP) is 3.22. The van der Waals surface area contributed by atoms with Crippen LogP contribution in [0.3, 0.4) is 0 Å². The van der Waals surface area contributed by atoms with E-state index in [0.717, 1.165) is 11.1 Å². The largest absolute Gasteiger partial charge is 0.421 e. The van der Waals surface area contributed by atoms with E-state index in [4.69, 9.17) is 16.0 Å². The molecule has 0 aliphatic carbocycles. The molecule has 0 bridgehead atoms. The molecule has 6 nitrogen and oxygen atoms in total. The van der Waals surface area contributed by atoms with Gasteiger partial charge in [0.1, 0.15) is 0 Å². The summed E-state index contributed by atoms with van der Waals surface area (Å²) in [4.78, 5) is 0.155. The lowest BCUT2D eigenvalue weighted by molar-refractivity contribution is 0.502. The number of nitrogens with zero attached hydrogens (tertiary/aromatic N) is 2. The summed E-state index contributed by atoms with van der Waals surface area (Å²) in [6.45, 7) is 2.15. The monoisotopic (exact) mass is 377 g/mol. The van der Waals surface area contributed by atoms with Crippen LogP contribution in [0.1, 0.15) is 11.5 Å². The molecular weight excluding hydrogens is 362 g/mol. The molecule has 0 aliphatic rings. The first kappa shape index (κ1) is 17.6. The molecule has 8 heteroatoms. The molecule has 3 aromatic rings. The van der Waals surface area contributed by atoms with Crippen molar-refractivity contribution in [1.29, 1.82) is 0 Å². The topological polar surface area (TPSA) is 85.1 Å². The molecule has 0 spiro atoms. The molecule has 1 heterocycles. The fourth-order valence-corrected chi connectivity index (χ4v) is 3.31. The molecule has 130 valence electrons. The van der Waals surface area contributed by atoms with Gasteiger partial charge < -0.3 is 4.42 Å². The third kappa shape index (κ3) is 4.45. The summed E-state index contributed by atoms with van der Waals surface area (Å²) < 4.78 is 32.4. The highest BCUT2D eigenvalue weighted by Crippen LogP contribution is 2.18. The van der Waals surface area contributed by atoms with Crippen LogP contribution in [0.15, 0.2) is 57.8 Å². The Hall–Kier alpha value is -2.22. The first-order valence-electron chi connectivity index (χ1n) is 7.59. The van der Waals surface area contributed by atoms with E-state index in [0.29, 0.717) is 23.2 Å². The molecule has 0 fully saturated rings. The molecule has 0 radical (unpaired) electrons. The van der Waals surface area contributed by atoms with Gasteiger partial charge >= 0.3 is 0 Å². The SMILES string of the molecule is Cc1ccc(-c2nnc(CCNS(=O)(=O)c3ccc(Cl)cc3)o2)cc1. The van der Waals surface area contributed by atoms with Crippen LogP contribution >= 0.6 is 11.6 Å². The van der Waals surface area contributed by atoms with Crippen LogP contribution in [0.5, 0.6) is 0 Å². The lowest BCUT2D eigenvalue weighted by Gasteiger charge is -2.05. The van der Waals surface area contributed by atoms with Crippen molar-refractivity contribution in [2.24, 2.45) is 0 Å². The zero-order valence-electron chi connectivity index (χ0n) is 13.4. The Balaban J connectivity index is 1.61. The number of rotatable bonds is 6. The van der Waals surface area contributed by atoms with Crippen molar-refractivity contribution in [3.8, 4) is 11.5 Å². The molecule has 25 heavy (non-hydrogen) atoms. The summed E-state index contributed by atoms with van der Waals surface area (Å²) in [7, 11) is -3.60. The van der Waals surface area contributed by atoms with Crippen LogP contribution in [0.4, 0.5) is 0 Å². The highest BCUT2D eigenvalue weighted by molar-refractivity contribution is 7.89. The normalized spacial score (nSPS) is 11.6. The van der Waals surface area contributed by atoms with Crippen molar-refractivity contribution in [2.45, 2.75) is 18.2 Å². The lowest BCUT2D eigenvalue weighted by Crippen LogP contribution is -2.26. The molecule has 1 aromatic heterocycles. The Bertz CT molecular complexity index is 952.